The average Bonchev–Trinajstić information content (AvgIpc) is 3.06. The highest BCUT2D eigenvalue weighted by Gasteiger charge is 2.12. The molecule has 0 bridgehead atoms. The van der Waals surface area contributed by atoms with Crippen LogP contribution in [0.3, 0.4) is 0 Å². The number of carbonyl (C=O) groups is 1. The second-order valence-electron chi connectivity index (χ2n) is 6.60. The van der Waals surface area contributed by atoms with E-state index in [0.717, 1.165) is 49.5 Å². The van der Waals surface area contributed by atoms with E-state index < -0.39 is 0 Å². The van der Waals surface area contributed by atoms with Gasteiger partial charge < -0.3 is 19.4 Å². The first-order chi connectivity index (χ1) is 12.1. The number of amides is 1. The molecule has 25 heavy (non-hydrogen) atoms. The van der Waals surface area contributed by atoms with Crippen molar-refractivity contribution in [1.29, 1.82) is 0 Å². The van der Waals surface area contributed by atoms with Crippen LogP contribution in [0.15, 0.2) is 30.5 Å². The molecule has 0 unspecified atom stereocenters. The minimum absolute atomic E-state index is 0.0368. The van der Waals surface area contributed by atoms with Gasteiger partial charge in [-0.05, 0) is 32.0 Å². The van der Waals surface area contributed by atoms with E-state index in [0.29, 0.717) is 12.6 Å². The number of nitrogens with one attached hydrogen (secondary N) is 1. The summed E-state index contributed by atoms with van der Waals surface area (Å²) in [6.45, 7) is 9.23. The van der Waals surface area contributed by atoms with Gasteiger partial charge >= 0.3 is 0 Å². The van der Waals surface area contributed by atoms with Crippen molar-refractivity contribution in [2.24, 2.45) is 0 Å². The third-order valence-electron chi connectivity index (χ3n) is 4.49. The standard InChI is InChI=1S/C19H27N3O3/c1-15(2)22-8-6-16-17(22)4-3-5-18(16)25-14-19(23)20-7-9-21-10-12-24-13-11-21/h3-6,8,15H,7,9-14H2,1-2H3,(H,20,23). The van der Waals surface area contributed by atoms with Crippen molar-refractivity contribution in [2.45, 2.75) is 19.9 Å². The largest absolute Gasteiger partial charge is 0.483 e. The lowest BCUT2D eigenvalue weighted by Gasteiger charge is -2.26. The highest BCUT2D eigenvalue weighted by Crippen LogP contribution is 2.28. The Morgan fingerprint density at radius 1 is 1.28 bits per heavy atom. The first kappa shape index (κ1) is 17.8. The summed E-state index contributed by atoms with van der Waals surface area (Å²) in [5.41, 5.74) is 1.13. The van der Waals surface area contributed by atoms with Crippen LogP contribution in [0.1, 0.15) is 19.9 Å². The Bertz CT molecular complexity index is 705. The fourth-order valence-corrected chi connectivity index (χ4v) is 3.11. The van der Waals surface area contributed by atoms with Gasteiger partial charge in [0, 0.05) is 43.8 Å². The van der Waals surface area contributed by atoms with E-state index in [4.69, 9.17) is 9.47 Å². The van der Waals surface area contributed by atoms with Crippen LogP contribution < -0.4 is 10.1 Å². The lowest BCUT2D eigenvalue weighted by atomic mass is 10.2. The van der Waals surface area contributed by atoms with Crippen LogP contribution in [0.25, 0.3) is 10.9 Å². The fraction of sp³-hybridized carbons (Fsp3) is 0.526. The summed E-state index contributed by atoms with van der Waals surface area (Å²) in [7, 11) is 0. The maximum Gasteiger partial charge on any atom is 0.257 e. The van der Waals surface area contributed by atoms with Crippen molar-refractivity contribution in [3.05, 3.63) is 30.5 Å². The summed E-state index contributed by atoms with van der Waals surface area (Å²) >= 11 is 0. The summed E-state index contributed by atoms with van der Waals surface area (Å²) in [6.07, 6.45) is 2.06. The van der Waals surface area contributed by atoms with E-state index in [9.17, 15) is 4.79 Å². The van der Waals surface area contributed by atoms with Gasteiger partial charge in [-0.25, -0.2) is 0 Å². The van der Waals surface area contributed by atoms with Gasteiger partial charge in [0.25, 0.3) is 5.91 Å². The first-order valence-corrected chi connectivity index (χ1v) is 8.94. The molecular weight excluding hydrogens is 318 g/mol. The van der Waals surface area contributed by atoms with Crippen LogP contribution in [0.4, 0.5) is 0 Å². The van der Waals surface area contributed by atoms with Crippen LogP contribution in [0.5, 0.6) is 5.75 Å². The van der Waals surface area contributed by atoms with Gasteiger partial charge in [-0.1, -0.05) is 6.07 Å². The van der Waals surface area contributed by atoms with Crippen molar-refractivity contribution in [3.63, 3.8) is 0 Å². The van der Waals surface area contributed by atoms with Crippen molar-refractivity contribution < 1.29 is 14.3 Å². The van der Waals surface area contributed by atoms with E-state index in [1.165, 1.54) is 0 Å². The molecule has 2 aromatic rings. The van der Waals surface area contributed by atoms with Gasteiger partial charge in [0.05, 0.1) is 18.7 Å². The maximum absolute atomic E-state index is 12.0. The van der Waals surface area contributed by atoms with E-state index >= 15 is 0 Å². The molecule has 1 fully saturated rings. The molecule has 6 heteroatoms. The van der Waals surface area contributed by atoms with E-state index in [2.05, 4.69) is 40.9 Å². The Hall–Kier alpha value is -2.05. The first-order valence-electron chi connectivity index (χ1n) is 8.94. The van der Waals surface area contributed by atoms with Gasteiger partial charge in [-0.2, -0.15) is 0 Å². The zero-order valence-corrected chi connectivity index (χ0v) is 15.0. The number of carbonyl (C=O) groups excluding carboxylic acids is 1. The second kappa shape index (κ2) is 8.36. The number of morpholine rings is 1. The monoisotopic (exact) mass is 345 g/mol. The zero-order chi connectivity index (χ0) is 17.6. The molecule has 1 amide bonds. The summed E-state index contributed by atoms with van der Waals surface area (Å²) in [6, 6.07) is 8.38. The molecule has 0 spiro atoms. The number of rotatable bonds is 7. The summed E-state index contributed by atoms with van der Waals surface area (Å²) in [5.74, 6) is 0.661. The molecule has 1 aliphatic rings. The van der Waals surface area contributed by atoms with E-state index in [1.54, 1.807) is 0 Å². The molecule has 1 aliphatic heterocycles. The van der Waals surface area contributed by atoms with E-state index in [-0.39, 0.29) is 12.5 Å². The fourth-order valence-electron chi connectivity index (χ4n) is 3.11. The lowest BCUT2D eigenvalue weighted by Crippen LogP contribution is -2.42. The highest BCUT2D eigenvalue weighted by molar-refractivity contribution is 5.87. The SMILES string of the molecule is CC(C)n1ccc2c(OCC(=O)NCCN3CCOCC3)cccc21. The van der Waals surface area contributed by atoms with Crippen molar-refractivity contribution in [1.82, 2.24) is 14.8 Å². The van der Waals surface area contributed by atoms with Gasteiger partial charge in [-0.15, -0.1) is 0 Å². The Morgan fingerprint density at radius 2 is 2.08 bits per heavy atom. The predicted molar refractivity (Wildman–Crippen MR) is 98.1 cm³/mol. The Labute approximate surface area is 148 Å². The molecule has 1 aromatic heterocycles. The number of nitrogens with zero attached hydrogens (tertiary/aromatic N) is 2. The maximum atomic E-state index is 12.0. The summed E-state index contributed by atoms with van der Waals surface area (Å²) in [4.78, 5) is 14.3. The van der Waals surface area contributed by atoms with Crippen molar-refractivity contribution in [3.8, 4) is 5.75 Å². The molecule has 136 valence electrons. The minimum atomic E-state index is -0.0893. The smallest absolute Gasteiger partial charge is 0.257 e. The van der Waals surface area contributed by atoms with Gasteiger partial charge in [0.1, 0.15) is 5.75 Å². The van der Waals surface area contributed by atoms with Crippen LogP contribution >= 0.6 is 0 Å². The molecule has 1 saturated heterocycles. The number of fused-ring (bicyclic) bond motifs is 1. The molecule has 0 radical (unpaired) electrons. The van der Waals surface area contributed by atoms with Crippen molar-refractivity contribution in [2.75, 3.05) is 46.0 Å². The highest BCUT2D eigenvalue weighted by atomic mass is 16.5. The molecule has 0 saturated carbocycles. The summed E-state index contributed by atoms with van der Waals surface area (Å²) in [5, 5.41) is 3.96. The Kier molecular flexibility index (Phi) is 5.94. The molecule has 0 atom stereocenters. The normalized spacial score (nSPS) is 15.6. The van der Waals surface area contributed by atoms with Gasteiger partial charge in [0.15, 0.2) is 6.61 Å². The molecule has 3 rings (SSSR count). The quantitative estimate of drug-likeness (QED) is 0.834. The topological polar surface area (TPSA) is 55.7 Å². The van der Waals surface area contributed by atoms with Gasteiger partial charge in [0.2, 0.25) is 0 Å². The van der Waals surface area contributed by atoms with Crippen LogP contribution in [0, 0.1) is 0 Å². The molecule has 6 nitrogen and oxygen atoms in total. The van der Waals surface area contributed by atoms with Crippen LogP contribution in [-0.2, 0) is 9.53 Å². The third-order valence-corrected chi connectivity index (χ3v) is 4.49. The number of hydrogen-bond donors (Lipinski definition) is 1. The van der Waals surface area contributed by atoms with Crippen LogP contribution in [-0.4, -0.2) is 61.4 Å². The number of hydrogen-bond acceptors (Lipinski definition) is 4. The minimum Gasteiger partial charge on any atom is -0.483 e. The third kappa shape index (κ3) is 4.52. The predicted octanol–water partition coefficient (Wildman–Crippen LogP) is 2.05. The average molecular weight is 345 g/mol. The molecule has 2 heterocycles. The molecule has 0 aliphatic carbocycles. The number of benzene rings is 1. The summed E-state index contributed by atoms with van der Waals surface area (Å²) < 4.78 is 13.3. The number of aromatic nitrogens is 1. The molecule has 1 aromatic carbocycles. The second-order valence-corrected chi connectivity index (χ2v) is 6.60. The number of ether oxygens (including phenoxy) is 2. The van der Waals surface area contributed by atoms with Crippen LogP contribution in [0.2, 0.25) is 0 Å². The Morgan fingerprint density at radius 3 is 2.84 bits per heavy atom. The van der Waals surface area contributed by atoms with E-state index in [1.807, 2.05) is 18.2 Å². The Balaban J connectivity index is 1.49. The van der Waals surface area contributed by atoms with Crippen molar-refractivity contribution >= 4 is 16.8 Å². The van der Waals surface area contributed by atoms with Gasteiger partial charge in [-0.3, -0.25) is 9.69 Å². The molecule has 1 N–H and O–H groups in total. The molecular formula is C19H27N3O3. The zero-order valence-electron chi connectivity index (χ0n) is 15.0. The lowest BCUT2D eigenvalue weighted by molar-refractivity contribution is -0.123.